The highest BCUT2D eigenvalue weighted by atomic mass is 19.4. The highest BCUT2D eigenvalue weighted by Gasteiger charge is 2.30. The van der Waals surface area contributed by atoms with Crippen molar-refractivity contribution in [1.82, 2.24) is 0 Å². The second-order valence-electron chi connectivity index (χ2n) is 7.28. The lowest BCUT2D eigenvalue weighted by molar-refractivity contribution is -0.163. The molecule has 0 N–H and O–H groups in total. The van der Waals surface area contributed by atoms with Crippen molar-refractivity contribution in [2.24, 2.45) is 5.16 Å². The van der Waals surface area contributed by atoms with Gasteiger partial charge < -0.3 is 19.0 Å². The standard InChI is InChI=1S/C23H24F3NO5/c1-16(22(28)29-15-30-27-18-5-3-2-4-6-18)31-19-11-13-21(14-12-19)32-20-9-7-17(8-10-20)23(24,25)26/h7-14,16H,2-6,15H2,1H3. The van der Waals surface area contributed by atoms with Crippen LogP contribution in [0.1, 0.15) is 44.6 Å². The van der Waals surface area contributed by atoms with Crippen molar-refractivity contribution in [3.8, 4) is 17.2 Å². The molecule has 0 spiro atoms. The zero-order valence-corrected chi connectivity index (χ0v) is 17.6. The Morgan fingerprint density at radius 1 is 0.938 bits per heavy atom. The largest absolute Gasteiger partial charge is 0.479 e. The van der Waals surface area contributed by atoms with Gasteiger partial charge >= 0.3 is 12.1 Å². The van der Waals surface area contributed by atoms with E-state index in [1.165, 1.54) is 18.6 Å². The number of benzene rings is 2. The molecular weight excluding hydrogens is 427 g/mol. The van der Waals surface area contributed by atoms with Gasteiger partial charge in [0, 0.05) is 0 Å². The monoisotopic (exact) mass is 451 g/mol. The lowest BCUT2D eigenvalue weighted by Gasteiger charge is -2.15. The average molecular weight is 451 g/mol. The van der Waals surface area contributed by atoms with E-state index in [1.807, 2.05) is 0 Å². The molecule has 1 unspecified atom stereocenters. The molecule has 3 rings (SSSR count). The second kappa shape index (κ2) is 10.9. The van der Waals surface area contributed by atoms with Gasteiger partial charge in [0.05, 0.1) is 11.3 Å². The molecule has 1 saturated carbocycles. The molecule has 32 heavy (non-hydrogen) atoms. The maximum atomic E-state index is 12.6. The molecule has 6 nitrogen and oxygen atoms in total. The number of nitrogens with zero attached hydrogens (tertiary/aromatic N) is 1. The number of hydrogen-bond acceptors (Lipinski definition) is 6. The van der Waals surface area contributed by atoms with E-state index in [4.69, 9.17) is 19.0 Å². The molecule has 172 valence electrons. The number of oxime groups is 1. The molecule has 2 aromatic carbocycles. The van der Waals surface area contributed by atoms with E-state index < -0.39 is 23.8 Å². The number of esters is 1. The molecule has 9 heteroatoms. The first-order chi connectivity index (χ1) is 15.3. The van der Waals surface area contributed by atoms with Crippen LogP contribution in [0.4, 0.5) is 13.2 Å². The molecule has 0 aliphatic heterocycles. The summed E-state index contributed by atoms with van der Waals surface area (Å²) in [6.07, 6.45) is -0.0574. The summed E-state index contributed by atoms with van der Waals surface area (Å²) in [6.45, 7) is 1.26. The molecule has 0 heterocycles. The lowest BCUT2D eigenvalue weighted by Crippen LogP contribution is -2.26. The smallest absolute Gasteiger partial charge is 0.416 e. The zero-order valence-electron chi connectivity index (χ0n) is 17.6. The summed E-state index contributed by atoms with van der Waals surface area (Å²) in [5.74, 6) is 0.472. The third-order valence-corrected chi connectivity index (χ3v) is 4.76. The van der Waals surface area contributed by atoms with Gasteiger partial charge in [-0.05, 0) is 81.1 Å². The second-order valence-corrected chi connectivity index (χ2v) is 7.28. The molecule has 0 saturated heterocycles. The summed E-state index contributed by atoms with van der Waals surface area (Å²) in [7, 11) is 0. The zero-order chi connectivity index (χ0) is 23.0. The van der Waals surface area contributed by atoms with E-state index >= 15 is 0 Å². The van der Waals surface area contributed by atoms with Crippen LogP contribution in [0.5, 0.6) is 17.2 Å². The molecule has 0 amide bonds. The van der Waals surface area contributed by atoms with Crippen LogP contribution in [0.2, 0.25) is 0 Å². The van der Waals surface area contributed by atoms with Gasteiger partial charge in [-0.1, -0.05) is 11.6 Å². The van der Waals surface area contributed by atoms with Crippen LogP contribution in [-0.2, 0) is 20.5 Å². The Bertz CT molecular complexity index is 903. The molecule has 0 radical (unpaired) electrons. The number of hydrogen-bond donors (Lipinski definition) is 0. The fraction of sp³-hybridized carbons (Fsp3) is 0.391. The van der Waals surface area contributed by atoms with Gasteiger partial charge in [-0.3, -0.25) is 0 Å². The fourth-order valence-corrected chi connectivity index (χ4v) is 3.06. The van der Waals surface area contributed by atoms with E-state index in [0.29, 0.717) is 11.5 Å². The van der Waals surface area contributed by atoms with Crippen molar-refractivity contribution in [2.45, 2.75) is 51.3 Å². The van der Waals surface area contributed by atoms with Crippen molar-refractivity contribution in [2.75, 3.05) is 6.79 Å². The quantitative estimate of drug-likeness (QED) is 0.210. The van der Waals surface area contributed by atoms with Gasteiger partial charge in [0.1, 0.15) is 17.2 Å². The highest BCUT2D eigenvalue weighted by Crippen LogP contribution is 2.31. The number of carbonyl (C=O) groups is 1. The van der Waals surface area contributed by atoms with Crippen molar-refractivity contribution in [3.63, 3.8) is 0 Å². The van der Waals surface area contributed by atoms with Crippen LogP contribution < -0.4 is 9.47 Å². The van der Waals surface area contributed by atoms with Crippen LogP contribution in [0, 0.1) is 0 Å². The van der Waals surface area contributed by atoms with Crippen LogP contribution in [-0.4, -0.2) is 24.6 Å². The SMILES string of the molecule is CC(Oc1ccc(Oc2ccc(C(F)(F)F)cc2)cc1)C(=O)OCON=C1CCCCC1. The molecule has 0 bridgehead atoms. The summed E-state index contributed by atoms with van der Waals surface area (Å²) in [4.78, 5) is 17.1. The van der Waals surface area contributed by atoms with Gasteiger partial charge in [0.25, 0.3) is 6.79 Å². The van der Waals surface area contributed by atoms with Gasteiger partial charge in [-0.15, -0.1) is 0 Å². The van der Waals surface area contributed by atoms with Crippen LogP contribution in [0.15, 0.2) is 53.7 Å². The van der Waals surface area contributed by atoms with Crippen molar-refractivity contribution >= 4 is 11.7 Å². The first-order valence-electron chi connectivity index (χ1n) is 10.3. The summed E-state index contributed by atoms with van der Waals surface area (Å²) in [5.41, 5.74) is 0.233. The topological polar surface area (TPSA) is 66.4 Å². The Morgan fingerprint density at radius 3 is 2.09 bits per heavy atom. The minimum atomic E-state index is -4.40. The number of alkyl halides is 3. The van der Waals surface area contributed by atoms with Crippen LogP contribution in [0.3, 0.4) is 0 Å². The van der Waals surface area contributed by atoms with Gasteiger partial charge in [0.15, 0.2) is 6.10 Å². The minimum absolute atomic E-state index is 0.264. The summed E-state index contributed by atoms with van der Waals surface area (Å²) < 4.78 is 53.9. The number of halogens is 3. The average Bonchev–Trinajstić information content (AvgIpc) is 2.78. The van der Waals surface area contributed by atoms with Crippen molar-refractivity contribution < 1.29 is 37.0 Å². The van der Waals surface area contributed by atoms with E-state index in [0.717, 1.165) is 43.5 Å². The number of ether oxygens (including phenoxy) is 3. The predicted octanol–water partition coefficient (Wildman–Crippen LogP) is 6.10. The highest BCUT2D eigenvalue weighted by molar-refractivity contribution is 5.84. The lowest BCUT2D eigenvalue weighted by atomic mass is 9.99. The third-order valence-electron chi connectivity index (χ3n) is 4.76. The van der Waals surface area contributed by atoms with E-state index in [-0.39, 0.29) is 12.5 Å². The van der Waals surface area contributed by atoms with Gasteiger partial charge in [-0.25, -0.2) is 4.79 Å². The maximum absolute atomic E-state index is 12.6. The van der Waals surface area contributed by atoms with E-state index in [2.05, 4.69) is 5.16 Å². The molecule has 1 aliphatic carbocycles. The van der Waals surface area contributed by atoms with Crippen molar-refractivity contribution in [3.05, 3.63) is 54.1 Å². The Morgan fingerprint density at radius 2 is 1.50 bits per heavy atom. The normalized spacial score (nSPS) is 14.9. The Hall–Kier alpha value is -3.23. The third kappa shape index (κ3) is 7.18. The Labute approximate surface area is 183 Å². The fourth-order valence-electron chi connectivity index (χ4n) is 3.06. The van der Waals surface area contributed by atoms with E-state index in [1.54, 1.807) is 31.2 Å². The van der Waals surface area contributed by atoms with Gasteiger partial charge in [0.2, 0.25) is 0 Å². The maximum Gasteiger partial charge on any atom is 0.416 e. The van der Waals surface area contributed by atoms with E-state index in [9.17, 15) is 18.0 Å². The molecule has 0 aromatic heterocycles. The number of rotatable bonds is 8. The van der Waals surface area contributed by atoms with Crippen molar-refractivity contribution in [1.29, 1.82) is 0 Å². The first-order valence-corrected chi connectivity index (χ1v) is 10.3. The summed E-state index contributed by atoms with van der Waals surface area (Å²) >= 11 is 0. The molecule has 2 aromatic rings. The number of carbonyl (C=O) groups excluding carboxylic acids is 1. The van der Waals surface area contributed by atoms with Crippen LogP contribution >= 0.6 is 0 Å². The molecular formula is C23H24F3NO5. The Balaban J connectivity index is 1.43. The molecule has 1 atom stereocenters. The van der Waals surface area contributed by atoms with Crippen LogP contribution in [0.25, 0.3) is 0 Å². The minimum Gasteiger partial charge on any atom is -0.479 e. The summed E-state index contributed by atoms with van der Waals surface area (Å²) in [6, 6.07) is 10.7. The molecule has 1 fully saturated rings. The molecule has 1 aliphatic rings. The summed E-state index contributed by atoms with van der Waals surface area (Å²) in [5, 5.41) is 3.99. The first kappa shape index (κ1) is 23.4. The Kier molecular flexibility index (Phi) is 7.97. The predicted molar refractivity (Wildman–Crippen MR) is 111 cm³/mol. The van der Waals surface area contributed by atoms with Gasteiger partial charge in [-0.2, -0.15) is 13.2 Å².